The van der Waals surface area contributed by atoms with Crippen LogP contribution in [0.1, 0.15) is 24.5 Å². The lowest BCUT2D eigenvalue weighted by molar-refractivity contribution is -0.114. The fourth-order valence-corrected chi connectivity index (χ4v) is 3.90. The van der Waals surface area contributed by atoms with Crippen LogP contribution in [0.4, 0.5) is 15.8 Å². The average molecular weight is 348 g/mol. The lowest BCUT2D eigenvalue weighted by atomic mass is 10.1. The van der Waals surface area contributed by atoms with Crippen molar-refractivity contribution in [2.75, 3.05) is 10.0 Å². The molecule has 0 radical (unpaired) electrons. The molecule has 3 rings (SSSR count). The molecule has 0 saturated carbocycles. The van der Waals surface area contributed by atoms with Crippen molar-refractivity contribution in [2.45, 2.75) is 31.1 Å². The summed E-state index contributed by atoms with van der Waals surface area (Å²) in [7, 11) is -3.78. The van der Waals surface area contributed by atoms with E-state index in [2.05, 4.69) is 10.0 Å². The van der Waals surface area contributed by atoms with Crippen LogP contribution in [0.5, 0.6) is 0 Å². The Bertz CT molecular complexity index is 910. The number of rotatable bonds is 4. The van der Waals surface area contributed by atoms with Gasteiger partial charge in [-0.1, -0.05) is 6.07 Å². The molecule has 1 amide bonds. The van der Waals surface area contributed by atoms with Crippen molar-refractivity contribution in [1.82, 2.24) is 0 Å². The van der Waals surface area contributed by atoms with Gasteiger partial charge in [-0.2, -0.15) is 0 Å². The Hall–Kier alpha value is -2.41. The fourth-order valence-electron chi connectivity index (χ4n) is 2.80. The zero-order valence-electron chi connectivity index (χ0n) is 13.1. The lowest BCUT2D eigenvalue weighted by Gasteiger charge is -2.11. The van der Waals surface area contributed by atoms with Crippen LogP contribution in [-0.4, -0.2) is 14.3 Å². The number of benzene rings is 2. The molecule has 0 heterocycles. The molecule has 2 N–H and O–H groups in total. The van der Waals surface area contributed by atoms with E-state index in [-0.39, 0.29) is 16.3 Å². The first kappa shape index (κ1) is 16.4. The number of anilines is 2. The lowest BCUT2D eigenvalue weighted by Crippen LogP contribution is -2.14. The Morgan fingerprint density at radius 3 is 2.58 bits per heavy atom. The van der Waals surface area contributed by atoms with E-state index < -0.39 is 21.7 Å². The van der Waals surface area contributed by atoms with Gasteiger partial charge < -0.3 is 5.32 Å². The molecule has 0 saturated heterocycles. The number of carbonyl (C=O) groups excluding carboxylic acids is 1. The van der Waals surface area contributed by atoms with E-state index in [1.54, 1.807) is 12.1 Å². The first-order valence-corrected chi connectivity index (χ1v) is 9.05. The molecule has 0 aromatic heterocycles. The van der Waals surface area contributed by atoms with Crippen LogP contribution in [0.2, 0.25) is 0 Å². The van der Waals surface area contributed by atoms with Crippen LogP contribution in [0.3, 0.4) is 0 Å². The topological polar surface area (TPSA) is 75.3 Å². The number of nitrogens with one attached hydrogen (secondary N) is 2. The standard InChI is InChI=1S/C17H17FN2O3S/c1-11(21)19-17-10-14(6-8-16(17)18)20-24(22,23)15-7-5-12-3-2-4-13(12)9-15/h5-10,20H,2-4H2,1H3,(H,19,21). The van der Waals surface area contributed by atoms with Gasteiger partial charge in [0.05, 0.1) is 16.3 Å². The number of amides is 1. The minimum atomic E-state index is -3.78. The normalized spacial score (nSPS) is 13.4. The summed E-state index contributed by atoms with van der Waals surface area (Å²) in [6, 6.07) is 8.76. The Morgan fingerprint density at radius 2 is 1.83 bits per heavy atom. The second-order valence-electron chi connectivity index (χ2n) is 5.77. The number of halogens is 1. The van der Waals surface area contributed by atoms with Crippen molar-refractivity contribution in [3.05, 3.63) is 53.3 Å². The zero-order valence-corrected chi connectivity index (χ0v) is 13.9. The van der Waals surface area contributed by atoms with Gasteiger partial charge in [0.15, 0.2) is 0 Å². The van der Waals surface area contributed by atoms with Crippen LogP contribution in [0.15, 0.2) is 41.3 Å². The van der Waals surface area contributed by atoms with Gasteiger partial charge >= 0.3 is 0 Å². The van der Waals surface area contributed by atoms with E-state index in [0.717, 1.165) is 30.9 Å². The quantitative estimate of drug-likeness (QED) is 0.892. The van der Waals surface area contributed by atoms with Crippen molar-refractivity contribution in [3.8, 4) is 0 Å². The summed E-state index contributed by atoms with van der Waals surface area (Å²) in [5.41, 5.74) is 2.34. The van der Waals surface area contributed by atoms with Gasteiger partial charge in [0, 0.05) is 6.92 Å². The van der Waals surface area contributed by atoms with E-state index in [1.807, 2.05) is 6.07 Å². The van der Waals surface area contributed by atoms with Gasteiger partial charge in [0.2, 0.25) is 5.91 Å². The maximum absolute atomic E-state index is 13.6. The van der Waals surface area contributed by atoms with Crippen LogP contribution in [0.25, 0.3) is 0 Å². The summed E-state index contributed by atoms with van der Waals surface area (Å²) in [6.45, 7) is 1.25. The highest BCUT2D eigenvalue weighted by Crippen LogP contribution is 2.27. The molecule has 5 nitrogen and oxygen atoms in total. The molecule has 0 fully saturated rings. The van der Waals surface area contributed by atoms with E-state index >= 15 is 0 Å². The van der Waals surface area contributed by atoms with Crippen LogP contribution >= 0.6 is 0 Å². The SMILES string of the molecule is CC(=O)Nc1cc(NS(=O)(=O)c2ccc3c(c2)CCC3)ccc1F. The summed E-state index contributed by atoms with van der Waals surface area (Å²) in [5.74, 6) is -1.07. The highest BCUT2D eigenvalue weighted by atomic mass is 32.2. The van der Waals surface area contributed by atoms with Gasteiger partial charge in [0.1, 0.15) is 5.82 Å². The molecule has 24 heavy (non-hydrogen) atoms. The zero-order chi connectivity index (χ0) is 17.3. The third-order valence-corrected chi connectivity index (χ3v) is 5.29. The average Bonchev–Trinajstić information content (AvgIpc) is 2.97. The minimum absolute atomic E-state index is 0.0725. The predicted octanol–water partition coefficient (Wildman–Crippen LogP) is 3.07. The number of sulfonamides is 1. The molecular formula is C17H17FN2O3S. The first-order valence-electron chi connectivity index (χ1n) is 7.57. The number of hydrogen-bond acceptors (Lipinski definition) is 3. The molecule has 1 aliphatic rings. The van der Waals surface area contributed by atoms with E-state index in [4.69, 9.17) is 0 Å². The Kier molecular flexibility index (Phi) is 4.28. The van der Waals surface area contributed by atoms with Crippen LogP contribution in [-0.2, 0) is 27.7 Å². The van der Waals surface area contributed by atoms with E-state index in [9.17, 15) is 17.6 Å². The molecule has 0 unspecified atom stereocenters. The summed E-state index contributed by atoms with van der Waals surface area (Å²) < 4.78 is 41.1. The number of aryl methyl sites for hydroxylation is 2. The summed E-state index contributed by atoms with van der Waals surface area (Å²) in [4.78, 5) is 11.2. The van der Waals surface area contributed by atoms with E-state index in [1.165, 1.54) is 24.6 Å². The predicted molar refractivity (Wildman–Crippen MR) is 90.0 cm³/mol. The van der Waals surface area contributed by atoms with Crippen LogP contribution < -0.4 is 10.0 Å². The second kappa shape index (κ2) is 6.24. The molecule has 7 heteroatoms. The summed E-state index contributed by atoms with van der Waals surface area (Å²) in [5, 5.41) is 2.32. The Labute approximate surface area is 139 Å². The highest BCUT2D eigenvalue weighted by molar-refractivity contribution is 7.92. The highest BCUT2D eigenvalue weighted by Gasteiger charge is 2.19. The van der Waals surface area contributed by atoms with E-state index in [0.29, 0.717) is 0 Å². The number of fused-ring (bicyclic) bond motifs is 1. The van der Waals surface area contributed by atoms with Gasteiger partial charge in [-0.15, -0.1) is 0 Å². The van der Waals surface area contributed by atoms with Crippen molar-refractivity contribution < 1.29 is 17.6 Å². The first-order chi connectivity index (χ1) is 11.3. The summed E-state index contributed by atoms with van der Waals surface area (Å²) >= 11 is 0. The van der Waals surface area contributed by atoms with Crippen molar-refractivity contribution in [3.63, 3.8) is 0 Å². The van der Waals surface area contributed by atoms with Crippen molar-refractivity contribution in [2.24, 2.45) is 0 Å². The maximum atomic E-state index is 13.6. The monoisotopic (exact) mass is 348 g/mol. The maximum Gasteiger partial charge on any atom is 0.261 e. The molecule has 0 spiro atoms. The molecule has 1 aliphatic carbocycles. The fraction of sp³-hybridized carbons (Fsp3) is 0.235. The van der Waals surface area contributed by atoms with Crippen molar-refractivity contribution >= 4 is 27.3 Å². The van der Waals surface area contributed by atoms with Gasteiger partial charge in [-0.3, -0.25) is 9.52 Å². The van der Waals surface area contributed by atoms with Crippen molar-refractivity contribution in [1.29, 1.82) is 0 Å². The summed E-state index contributed by atoms with van der Waals surface area (Å²) in [6.07, 6.45) is 2.88. The second-order valence-corrected chi connectivity index (χ2v) is 7.45. The third-order valence-electron chi connectivity index (χ3n) is 3.91. The molecule has 126 valence electrons. The largest absolute Gasteiger partial charge is 0.324 e. The third kappa shape index (κ3) is 3.41. The smallest absolute Gasteiger partial charge is 0.261 e. The molecule has 0 aliphatic heterocycles. The molecule has 2 aromatic rings. The molecule has 2 aromatic carbocycles. The number of carbonyl (C=O) groups is 1. The molecule has 0 atom stereocenters. The van der Waals surface area contributed by atoms with Crippen LogP contribution in [0, 0.1) is 5.82 Å². The van der Waals surface area contributed by atoms with Gasteiger partial charge in [-0.05, 0) is 60.7 Å². The molecular weight excluding hydrogens is 331 g/mol. The van der Waals surface area contributed by atoms with Gasteiger partial charge in [-0.25, -0.2) is 12.8 Å². The Balaban J connectivity index is 1.88. The number of hydrogen-bond donors (Lipinski definition) is 2. The Morgan fingerprint density at radius 1 is 1.08 bits per heavy atom. The van der Waals surface area contributed by atoms with Gasteiger partial charge in [0.25, 0.3) is 10.0 Å². The minimum Gasteiger partial charge on any atom is -0.324 e. The molecule has 0 bridgehead atoms.